The highest BCUT2D eigenvalue weighted by molar-refractivity contribution is 6.05. The summed E-state index contributed by atoms with van der Waals surface area (Å²) in [5.74, 6) is 0.463. The van der Waals surface area contributed by atoms with Gasteiger partial charge in [0.25, 0.3) is 0 Å². The van der Waals surface area contributed by atoms with E-state index in [1.54, 1.807) is 11.6 Å². The molecular formula is C18H15N3O2. The minimum atomic E-state index is -0.294. The molecule has 2 aromatic carbocycles. The lowest BCUT2D eigenvalue weighted by Gasteiger charge is -2.09. The number of furan rings is 1. The number of hydrogen-bond donors (Lipinski definition) is 1. The molecule has 4 rings (SSSR count). The lowest BCUT2D eigenvalue weighted by atomic mass is 10.2. The molecule has 0 unspecified atom stereocenters. The SMILES string of the molecule is CNc1nc(=O)n(Cc2ccccc2)c2c1oc1ccccc12. The van der Waals surface area contributed by atoms with Crippen molar-refractivity contribution < 1.29 is 4.42 Å². The van der Waals surface area contributed by atoms with Crippen molar-refractivity contribution in [2.45, 2.75) is 6.54 Å². The first-order valence-electron chi connectivity index (χ1n) is 7.41. The maximum absolute atomic E-state index is 12.5. The van der Waals surface area contributed by atoms with E-state index in [-0.39, 0.29) is 5.69 Å². The lowest BCUT2D eigenvalue weighted by molar-refractivity contribution is 0.659. The normalized spacial score (nSPS) is 11.2. The molecule has 2 aromatic heterocycles. The van der Waals surface area contributed by atoms with Crippen LogP contribution in [-0.2, 0) is 6.54 Å². The molecule has 114 valence electrons. The molecule has 0 spiro atoms. The van der Waals surface area contributed by atoms with Crippen molar-refractivity contribution in [3.8, 4) is 0 Å². The number of rotatable bonds is 3. The van der Waals surface area contributed by atoms with Gasteiger partial charge in [-0.1, -0.05) is 42.5 Å². The highest BCUT2D eigenvalue weighted by Crippen LogP contribution is 2.31. The molecule has 0 aliphatic rings. The van der Waals surface area contributed by atoms with E-state index in [0.717, 1.165) is 22.0 Å². The predicted molar refractivity (Wildman–Crippen MR) is 90.9 cm³/mol. The van der Waals surface area contributed by atoms with Gasteiger partial charge in [0.2, 0.25) is 0 Å². The summed E-state index contributed by atoms with van der Waals surface area (Å²) in [4.78, 5) is 16.6. The van der Waals surface area contributed by atoms with Gasteiger partial charge >= 0.3 is 5.69 Å². The highest BCUT2D eigenvalue weighted by Gasteiger charge is 2.17. The molecule has 0 fully saturated rings. The number of anilines is 1. The van der Waals surface area contributed by atoms with E-state index in [1.165, 1.54) is 0 Å². The second-order valence-corrected chi connectivity index (χ2v) is 5.34. The topological polar surface area (TPSA) is 60.1 Å². The van der Waals surface area contributed by atoms with Crippen LogP contribution in [0.5, 0.6) is 0 Å². The van der Waals surface area contributed by atoms with Gasteiger partial charge < -0.3 is 9.73 Å². The Kier molecular flexibility index (Phi) is 3.12. The fourth-order valence-corrected chi connectivity index (χ4v) is 2.84. The van der Waals surface area contributed by atoms with Crippen molar-refractivity contribution >= 4 is 27.9 Å². The van der Waals surface area contributed by atoms with Crippen molar-refractivity contribution in [1.29, 1.82) is 0 Å². The van der Waals surface area contributed by atoms with Crippen LogP contribution in [0.2, 0.25) is 0 Å². The minimum Gasteiger partial charge on any atom is -0.451 e. The van der Waals surface area contributed by atoms with Gasteiger partial charge in [0.1, 0.15) is 11.1 Å². The average Bonchev–Trinajstić information content (AvgIpc) is 2.97. The van der Waals surface area contributed by atoms with Crippen LogP contribution in [0.1, 0.15) is 5.56 Å². The first kappa shape index (κ1) is 13.6. The summed E-state index contributed by atoms with van der Waals surface area (Å²) in [7, 11) is 1.73. The second kappa shape index (κ2) is 5.28. The number of nitrogens with zero attached hydrogens (tertiary/aromatic N) is 2. The van der Waals surface area contributed by atoms with Crippen LogP contribution in [0.4, 0.5) is 5.82 Å². The molecule has 0 aliphatic carbocycles. The molecule has 23 heavy (non-hydrogen) atoms. The molecule has 0 saturated heterocycles. The smallest absolute Gasteiger partial charge is 0.350 e. The number of fused-ring (bicyclic) bond motifs is 3. The number of benzene rings is 2. The molecule has 5 nitrogen and oxygen atoms in total. The van der Waals surface area contributed by atoms with Gasteiger partial charge in [0.05, 0.1) is 6.54 Å². The lowest BCUT2D eigenvalue weighted by Crippen LogP contribution is -2.24. The van der Waals surface area contributed by atoms with Gasteiger partial charge in [0, 0.05) is 12.4 Å². The second-order valence-electron chi connectivity index (χ2n) is 5.34. The molecule has 0 amide bonds. The Hall–Kier alpha value is -3.08. The summed E-state index contributed by atoms with van der Waals surface area (Å²) >= 11 is 0. The van der Waals surface area contributed by atoms with Crippen LogP contribution in [0, 0.1) is 0 Å². The number of hydrogen-bond acceptors (Lipinski definition) is 4. The molecule has 4 aromatic rings. The monoisotopic (exact) mass is 305 g/mol. The van der Waals surface area contributed by atoms with Crippen LogP contribution in [0.15, 0.2) is 63.8 Å². The maximum Gasteiger partial charge on any atom is 0.350 e. The Morgan fingerprint density at radius 3 is 2.61 bits per heavy atom. The molecule has 0 aliphatic heterocycles. The third-order valence-corrected chi connectivity index (χ3v) is 3.91. The Morgan fingerprint density at radius 2 is 1.83 bits per heavy atom. The fraction of sp³-hybridized carbons (Fsp3) is 0.111. The molecule has 0 atom stereocenters. The Labute approximate surface area is 132 Å². The zero-order valence-corrected chi connectivity index (χ0v) is 12.6. The van der Waals surface area contributed by atoms with Gasteiger partial charge in [0.15, 0.2) is 11.4 Å². The highest BCUT2D eigenvalue weighted by atomic mass is 16.3. The van der Waals surface area contributed by atoms with Gasteiger partial charge in [-0.3, -0.25) is 4.57 Å². The zero-order valence-electron chi connectivity index (χ0n) is 12.6. The Balaban J connectivity index is 2.06. The third kappa shape index (κ3) is 2.17. The van der Waals surface area contributed by atoms with Crippen molar-refractivity contribution in [2.24, 2.45) is 0 Å². The van der Waals surface area contributed by atoms with Gasteiger partial charge in [-0.25, -0.2) is 4.79 Å². The molecule has 0 radical (unpaired) electrons. The van der Waals surface area contributed by atoms with Crippen LogP contribution in [0.25, 0.3) is 22.1 Å². The van der Waals surface area contributed by atoms with E-state index < -0.39 is 0 Å². The molecule has 0 bridgehead atoms. The average molecular weight is 305 g/mol. The Morgan fingerprint density at radius 1 is 1.09 bits per heavy atom. The van der Waals surface area contributed by atoms with E-state index in [1.807, 2.05) is 54.6 Å². The first-order chi connectivity index (χ1) is 11.3. The molecule has 2 heterocycles. The van der Waals surface area contributed by atoms with Crippen molar-refractivity contribution in [1.82, 2.24) is 9.55 Å². The van der Waals surface area contributed by atoms with Crippen LogP contribution >= 0.6 is 0 Å². The van der Waals surface area contributed by atoms with E-state index >= 15 is 0 Å². The standard InChI is InChI=1S/C18H15N3O2/c1-19-17-16-15(13-9-5-6-10-14(13)23-16)21(18(22)20-17)11-12-7-3-2-4-8-12/h2-10H,11H2,1H3,(H,19,20,22). The summed E-state index contributed by atoms with van der Waals surface area (Å²) in [6, 6.07) is 17.6. The molecule has 1 N–H and O–H groups in total. The van der Waals surface area contributed by atoms with Gasteiger partial charge in [-0.15, -0.1) is 0 Å². The molecule has 0 saturated carbocycles. The van der Waals surface area contributed by atoms with Crippen molar-refractivity contribution in [3.63, 3.8) is 0 Å². The molecule has 5 heteroatoms. The summed E-state index contributed by atoms with van der Waals surface area (Å²) in [6.07, 6.45) is 0. The van der Waals surface area contributed by atoms with E-state index in [4.69, 9.17) is 4.42 Å². The van der Waals surface area contributed by atoms with Crippen LogP contribution in [0.3, 0.4) is 0 Å². The first-order valence-corrected chi connectivity index (χ1v) is 7.41. The van der Waals surface area contributed by atoms with Gasteiger partial charge in [-0.2, -0.15) is 4.98 Å². The quantitative estimate of drug-likeness (QED) is 0.631. The largest absolute Gasteiger partial charge is 0.451 e. The number of para-hydroxylation sites is 1. The number of aromatic nitrogens is 2. The summed E-state index contributed by atoms with van der Waals surface area (Å²) in [5, 5.41) is 3.86. The minimum absolute atomic E-state index is 0.294. The summed E-state index contributed by atoms with van der Waals surface area (Å²) < 4.78 is 7.59. The molecular weight excluding hydrogens is 290 g/mol. The van der Waals surface area contributed by atoms with Crippen molar-refractivity contribution in [2.75, 3.05) is 12.4 Å². The van der Waals surface area contributed by atoms with Crippen LogP contribution in [-0.4, -0.2) is 16.6 Å². The Bertz CT molecular complexity index is 1050. The van der Waals surface area contributed by atoms with Crippen LogP contribution < -0.4 is 11.0 Å². The number of nitrogens with one attached hydrogen (secondary N) is 1. The fourth-order valence-electron chi connectivity index (χ4n) is 2.84. The maximum atomic E-state index is 12.5. The third-order valence-electron chi connectivity index (χ3n) is 3.91. The van der Waals surface area contributed by atoms with Crippen molar-refractivity contribution in [3.05, 3.63) is 70.6 Å². The zero-order chi connectivity index (χ0) is 15.8. The summed E-state index contributed by atoms with van der Waals surface area (Å²) in [5.41, 5.74) is 2.86. The van der Waals surface area contributed by atoms with E-state index in [9.17, 15) is 4.79 Å². The summed E-state index contributed by atoms with van der Waals surface area (Å²) in [6.45, 7) is 0.455. The predicted octanol–water partition coefficient (Wildman–Crippen LogP) is 3.23. The van der Waals surface area contributed by atoms with E-state index in [2.05, 4.69) is 10.3 Å². The van der Waals surface area contributed by atoms with E-state index in [0.29, 0.717) is 17.9 Å². The van der Waals surface area contributed by atoms with Gasteiger partial charge in [-0.05, 0) is 17.7 Å².